The van der Waals surface area contributed by atoms with Crippen molar-refractivity contribution >= 4 is 12.0 Å². The lowest BCUT2D eigenvalue weighted by molar-refractivity contribution is -0.130. The zero-order valence-corrected chi connectivity index (χ0v) is 19.1. The summed E-state index contributed by atoms with van der Waals surface area (Å²) in [6, 6.07) is 16.9. The Labute approximate surface area is 195 Å². The van der Waals surface area contributed by atoms with Crippen molar-refractivity contribution in [3.05, 3.63) is 60.2 Å². The molecule has 4 rings (SSSR count). The predicted octanol–water partition coefficient (Wildman–Crippen LogP) is 3.77. The Kier molecular flexibility index (Phi) is 7.50. The zero-order valence-electron chi connectivity index (χ0n) is 19.1. The summed E-state index contributed by atoms with van der Waals surface area (Å²) in [7, 11) is 1.64. The average molecular weight is 453 g/mol. The highest BCUT2D eigenvalue weighted by Gasteiger charge is 2.41. The lowest BCUT2D eigenvalue weighted by atomic mass is 9.73. The van der Waals surface area contributed by atoms with Crippen molar-refractivity contribution < 1.29 is 23.8 Å². The highest BCUT2D eigenvalue weighted by atomic mass is 16.6. The molecule has 0 aromatic heterocycles. The van der Waals surface area contributed by atoms with Crippen molar-refractivity contribution in [2.75, 3.05) is 40.0 Å². The third kappa shape index (κ3) is 5.47. The molecule has 7 heteroatoms. The number of carbonyl (C=O) groups excluding carboxylic acids is 2. The van der Waals surface area contributed by atoms with Gasteiger partial charge in [0.05, 0.1) is 12.5 Å². The third-order valence-corrected chi connectivity index (χ3v) is 6.80. The van der Waals surface area contributed by atoms with Gasteiger partial charge in [0, 0.05) is 32.8 Å². The second-order valence-electron chi connectivity index (χ2n) is 8.74. The highest BCUT2D eigenvalue weighted by Crippen LogP contribution is 2.36. The Morgan fingerprint density at radius 2 is 1.67 bits per heavy atom. The van der Waals surface area contributed by atoms with Gasteiger partial charge in [-0.1, -0.05) is 30.3 Å². The van der Waals surface area contributed by atoms with Crippen molar-refractivity contribution in [2.45, 2.75) is 31.1 Å². The summed E-state index contributed by atoms with van der Waals surface area (Å²) in [5.41, 5.74) is 0.424. The number of carbonyl (C=O) groups is 2. The van der Waals surface area contributed by atoms with Crippen LogP contribution in [0.15, 0.2) is 54.6 Å². The van der Waals surface area contributed by atoms with Crippen LogP contribution < -0.4 is 14.8 Å². The number of hydrogen-bond acceptors (Lipinski definition) is 5. The summed E-state index contributed by atoms with van der Waals surface area (Å²) < 4.78 is 16.3. The third-order valence-electron chi connectivity index (χ3n) is 6.80. The number of benzene rings is 2. The first-order valence-corrected chi connectivity index (χ1v) is 11.6. The van der Waals surface area contributed by atoms with Gasteiger partial charge in [-0.3, -0.25) is 4.79 Å². The van der Waals surface area contributed by atoms with Gasteiger partial charge in [-0.15, -0.1) is 0 Å². The number of nitrogens with one attached hydrogen (secondary N) is 1. The maximum absolute atomic E-state index is 13.4. The summed E-state index contributed by atoms with van der Waals surface area (Å²) in [6.45, 7) is 3.01. The molecule has 2 heterocycles. The molecule has 176 valence electrons. The van der Waals surface area contributed by atoms with Gasteiger partial charge in [0.1, 0.15) is 11.5 Å². The summed E-state index contributed by atoms with van der Waals surface area (Å²) in [4.78, 5) is 27.6. The van der Waals surface area contributed by atoms with Gasteiger partial charge in [-0.05, 0) is 61.4 Å². The van der Waals surface area contributed by atoms with Crippen LogP contribution in [0.3, 0.4) is 0 Å². The number of likely N-dealkylation sites (tertiary alicyclic amines) is 1. The quantitative estimate of drug-likeness (QED) is 0.722. The van der Waals surface area contributed by atoms with Crippen molar-refractivity contribution in [1.29, 1.82) is 0 Å². The second-order valence-corrected chi connectivity index (χ2v) is 8.74. The predicted molar refractivity (Wildman–Crippen MR) is 124 cm³/mol. The zero-order chi connectivity index (χ0) is 23.1. The summed E-state index contributed by atoms with van der Waals surface area (Å²) >= 11 is 0. The molecule has 2 saturated heterocycles. The Hall–Kier alpha value is -3.06. The lowest BCUT2D eigenvalue weighted by Gasteiger charge is -2.37. The number of ether oxygens (including phenoxy) is 3. The molecule has 0 aliphatic carbocycles. The van der Waals surface area contributed by atoms with Crippen molar-refractivity contribution in [1.82, 2.24) is 10.2 Å². The van der Waals surface area contributed by atoms with Crippen molar-refractivity contribution in [2.24, 2.45) is 5.92 Å². The first kappa shape index (κ1) is 23.1. The fraction of sp³-hybridized carbons (Fsp3) is 0.462. The van der Waals surface area contributed by atoms with E-state index in [0.717, 1.165) is 24.2 Å². The van der Waals surface area contributed by atoms with Crippen LogP contribution in [-0.2, 0) is 14.9 Å². The van der Waals surface area contributed by atoms with Crippen LogP contribution in [0.4, 0.5) is 4.79 Å². The Morgan fingerprint density at radius 3 is 2.30 bits per heavy atom. The van der Waals surface area contributed by atoms with Crippen molar-refractivity contribution in [3.8, 4) is 11.5 Å². The molecular weight excluding hydrogens is 420 g/mol. The molecule has 2 aromatic carbocycles. The Morgan fingerprint density at radius 1 is 1.00 bits per heavy atom. The van der Waals surface area contributed by atoms with Gasteiger partial charge >= 0.3 is 6.09 Å². The molecule has 0 saturated carbocycles. The minimum atomic E-state index is -0.579. The van der Waals surface area contributed by atoms with Crippen LogP contribution in [0.5, 0.6) is 11.5 Å². The molecule has 2 aromatic rings. The molecule has 0 spiro atoms. The molecular formula is C26H32N2O5. The van der Waals surface area contributed by atoms with Gasteiger partial charge in [0.2, 0.25) is 5.91 Å². The van der Waals surface area contributed by atoms with E-state index in [4.69, 9.17) is 14.2 Å². The van der Waals surface area contributed by atoms with E-state index >= 15 is 0 Å². The van der Waals surface area contributed by atoms with E-state index in [1.54, 1.807) is 24.1 Å². The molecule has 7 nitrogen and oxygen atoms in total. The molecule has 0 atom stereocenters. The fourth-order valence-electron chi connectivity index (χ4n) is 4.66. The van der Waals surface area contributed by atoms with E-state index in [1.165, 1.54) is 0 Å². The highest BCUT2D eigenvalue weighted by molar-refractivity contribution is 5.88. The molecule has 1 N–H and O–H groups in total. The largest absolute Gasteiger partial charge is 0.497 e. The smallest absolute Gasteiger partial charge is 0.415 e. The first-order valence-electron chi connectivity index (χ1n) is 11.6. The Balaban J connectivity index is 1.30. The van der Waals surface area contributed by atoms with Crippen LogP contribution in [0, 0.1) is 5.92 Å². The molecule has 2 amide bonds. The number of methoxy groups -OCH3 is 1. The van der Waals surface area contributed by atoms with Gasteiger partial charge in [-0.2, -0.15) is 0 Å². The van der Waals surface area contributed by atoms with Crippen LogP contribution >= 0.6 is 0 Å². The topological polar surface area (TPSA) is 77.1 Å². The minimum Gasteiger partial charge on any atom is -0.497 e. The number of amides is 2. The lowest BCUT2D eigenvalue weighted by Crippen LogP contribution is -2.50. The number of para-hydroxylation sites is 1. The van der Waals surface area contributed by atoms with E-state index in [-0.39, 0.29) is 12.0 Å². The molecule has 2 aliphatic rings. The van der Waals surface area contributed by atoms with Crippen LogP contribution in [0.25, 0.3) is 0 Å². The fourth-order valence-corrected chi connectivity index (χ4v) is 4.66. The average Bonchev–Trinajstić information content (AvgIpc) is 2.88. The van der Waals surface area contributed by atoms with E-state index in [0.29, 0.717) is 57.4 Å². The summed E-state index contributed by atoms with van der Waals surface area (Å²) in [6.07, 6.45) is 2.68. The SMILES string of the molecule is COc1ccc(C2(C(=O)NCC3CCN(C(=O)Oc4ccccc4)CC3)CCOCC2)cc1. The molecule has 2 fully saturated rings. The van der Waals surface area contributed by atoms with E-state index < -0.39 is 5.41 Å². The van der Waals surface area contributed by atoms with Gasteiger partial charge in [0.15, 0.2) is 0 Å². The Bertz CT molecular complexity index is 917. The van der Waals surface area contributed by atoms with Gasteiger partial charge < -0.3 is 24.4 Å². The van der Waals surface area contributed by atoms with E-state index in [2.05, 4.69) is 5.32 Å². The van der Waals surface area contributed by atoms with E-state index in [9.17, 15) is 9.59 Å². The molecule has 0 bridgehead atoms. The number of rotatable bonds is 6. The number of hydrogen-bond donors (Lipinski definition) is 1. The van der Waals surface area contributed by atoms with Gasteiger partial charge in [0.25, 0.3) is 0 Å². The standard InChI is InChI=1S/C26H32N2O5/c1-31-22-9-7-21(8-10-22)26(13-17-32-18-14-26)24(29)27-19-20-11-15-28(16-12-20)25(30)33-23-5-3-2-4-6-23/h2-10,20H,11-19H2,1H3,(H,27,29). The normalized spacial score (nSPS) is 18.4. The van der Waals surface area contributed by atoms with Crippen LogP contribution in [0.2, 0.25) is 0 Å². The van der Waals surface area contributed by atoms with Crippen LogP contribution in [-0.4, -0.2) is 56.9 Å². The van der Waals surface area contributed by atoms with E-state index in [1.807, 2.05) is 42.5 Å². The maximum atomic E-state index is 13.4. The minimum absolute atomic E-state index is 0.0573. The monoisotopic (exact) mass is 452 g/mol. The summed E-state index contributed by atoms with van der Waals surface area (Å²) in [5, 5.41) is 3.21. The summed E-state index contributed by atoms with van der Waals surface area (Å²) in [5.74, 6) is 1.72. The molecule has 2 aliphatic heterocycles. The molecule has 33 heavy (non-hydrogen) atoms. The van der Waals surface area contributed by atoms with Crippen molar-refractivity contribution in [3.63, 3.8) is 0 Å². The number of nitrogens with zero attached hydrogens (tertiary/aromatic N) is 1. The van der Waals surface area contributed by atoms with Crippen LogP contribution in [0.1, 0.15) is 31.2 Å². The molecule has 0 radical (unpaired) electrons. The number of piperidine rings is 1. The molecule has 0 unspecified atom stereocenters. The second kappa shape index (κ2) is 10.7. The van der Waals surface area contributed by atoms with Gasteiger partial charge in [-0.25, -0.2) is 4.79 Å². The maximum Gasteiger partial charge on any atom is 0.415 e. The first-order chi connectivity index (χ1) is 16.1.